The average Bonchev–Trinajstić information content (AvgIpc) is 2.73. The first kappa shape index (κ1) is 20.1. The summed E-state index contributed by atoms with van der Waals surface area (Å²) in [5.41, 5.74) is 2.64. The molecule has 0 saturated carbocycles. The van der Waals surface area contributed by atoms with Crippen molar-refractivity contribution in [2.75, 3.05) is 12.4 Å². The zero-order valence-electron chi connectivity index (χ0n) is 16.1. The van der Waals surface area contributed by atoms with Crippen LogP contribution in [0.15, 0.2) is 72.8 Å². The number of hydrogen-bond donors (Lipinski definition) is 2. The molecule has 148 valence electrons. The average molecular weight is 392 g/mol. The molecule has 1 atom stereocenters. The molecule has 0 aromatic heterocycles. The standard InChI is InChI=1S/C23H21FN2O3/c1-15(27)25-20-11-5-18(6-12-20)23(28)26-22(16-3-9-19(24)10-4-16)17-7-13-21(29-2)14-8-17/h3-14,22H,1-2H3,(H,25,27)(H,26,28). The summed E-state index contributed by atoms with van der Waals surface area (Å²) in [6.07, 6.45) is 0. The lowest BCUT2D eigenvalue weighted by atomic mass is 9.98. The van der Waals surface area contributed by atoms with Gasteiger partial charge in [0.1, 0.15) is 11.6 Å². The largest absolute Gasteiger partial charge is 0.497 e. The quantitative estimate of drug-likeness (QED) is 0.657. The lowest BCUT2D eigenvalue weighted by Crippen LogP contribution is -2.29. The van der Waals surface area contributed by atoms with Crippen LogP contribution in [0.2, 0.25) is 0 Å². The van der Waals surface area contributed by atoms with Crippen molar-refractivity contribution in [2.24, 2.45) is 0 Å². The van der Waals surface area contributed by atoms with Gasteiger partial charge in [-0.15, -0.1) is 0 Å². The molecule has 0 heterocycles. The van der Waals surface area contributed by atoms with Crippen LogP contribution in [-0.2, 0) is 4.79 Å². The van der Waals surface area contributed by atoms with E-state index in [-0.39, 0.29) is 17.6 Å². The minimum atomic E-state index is -0.468. The van der Waals surface area contributed by atoms with Crippen LogP contribution < -0.4 is 15.4 Å². The molecule has 2 amide bonds. The monoisotopic (exact) mass is 392 g/mol. The van der Waals surface area contributed by atoms with Crippen molar-refractivity contribution in [3.05, 3.63) is 95.3 Å². The van der Waals surface area contributed by atoms with E-state index in [0.29, 0.717) is 17.0 Å². The van der Waals surface area contributed by atoms with Crippen molar-refractivity contribution in [1.82, 2.24) is 5.32 Å². The molecule has 29 heavy (non-hydrogen) atoms. The molecule has 2 N–H and O–H groups in total. The van der Waals surface area contributed by atoms with E-state index >= 15 is 0 Å². The molecular weight excluding hydrogens is 371 g/mol. The highest BCUT2D eigenvalue weighted by molar-refractivity contribution is 5.96. The Morgan fingerprint density at radius 3 is 1.93 bits per heavy atom. The zero-order chi connectivity index (χ0) is 20.8. The third-order valence-electron chi connectivity index (χ3n) is 4.40. The highest BCUT2D eigenvalue weighted by Crippen LogP contribution is 2.25. The van der Waals surface area contributed by atoms with Gasteiger partial charge >= 0.3 is 0 Å². The fourth-order valence-electron chi connectivity index (χ4n) is 2.93. The van der Waals surface area contributed by atoms with Gasteiger partial charge in [0.2, 0.25) is 5.91 Å². The summed E-state index contributed by atoms with van der Waals surface area (Å²) in [4.78, 5) is 24.0. The third kappa shape index (κ3) is 5.19. The Bertz CT molecular complexity index is 984. The van der Waals surface area contributed by atoms with Crippen molar-refractivity contribution in [1.29, 1.82) is 0 Å². The zero-order valence-corrected chi connectivity index (χ0v) is 16.1. The molecule has 5 nitrogen and oxygen atoms in total. The Hall–Kier alpha value is -3.67. The van der Waals surface area contributed by atoms with E-state index in [1.54, 1.807) is 55.6 Å². The van der Waals surface area contributed by atoms with Crippen LogP contribution in [0.5, 0.6) is 5.75 Å². The van der Waals surface area contributed by atoms with E-state index in [2.05, 4.69) is 10.6 Å². The van der Waals surface area contributed by atoms with Crippen molar-refractivity contribution >= 4 is 17.5 Å². The van der Waals surface area contributed by atoms with Crippen LogP contribution >= 0.6 is 0 Å². The van der Waals surface area contributed by atoms with Gasteiger partial charge in [-0.05, 0) is 59.7 Å². The SMILES string of the molecule is COc1ccc(C(NC(=O)c2ccc(NC(C)=O)cc2)c2ccc(F)cc2)cc1. The molecule has 1 unspecified atom stereocenters. The molecule has 0 saturated heterocycles. The van der Waals surface area contributed by atoms with Gasteiger partial charge in [0, 0.05) is 18.2 Å². The third-order valence-corrected chi connectivity index (χ3v) is 4.40. The summed E-state index contributed by atoms with van der Waals surface area (Å²) >= 11 is 0. The molecule has 0 radical (unpaired) electrons. The van der Waals surface area contributed by atoms with Gasteiger partial charge in [-0.1, -0.05) is 24.3 Å². The summed E-state index contributed by atoms with van der Waals surface area (Å²) in [5, 5.41) is 5.65. The predicted octanol–water partition coefficient (Wildman–Crippen LogP) is 4.31. The van der Waals surface area contributed by atoms with Crippen molar-refractivity contribution in [3.63, 3.8) is 0 Å². The number of nitrogens with one attached hydrogen (secondary N) is 2. The summed E-state index contributed by atoms with van der Waals surface area (Å²) in [7, 11) is 1.58. The van der Waals surface area contributed by atoms with Gasteiger partial charge in [-0.2, -0.15) is 0 Å². The van der Waals surface area contributed by atoms with Crippen molar-refractivity contribution < 1.29 is 18.7 Å². The molecule has 0 aliphatic rings. The molecule has 0 fully saturated rings. The summed E-state index contributed by atoms with van der Waals surface area (Å²) in [6.45, 7) is 1.42. The van der Waals surface area contributed by atoms with Crippen molar-refractivity contribution in [2.45, 2.75) is 13.0 Å². The van der Waals surface area contributed by atoms with E-state index in [1.165, 1.54) is 19.1 Å². The maximum absolute atomic E-state index is 13.4. The van der Waals surface area contributed by atoms with Crippen LogP contribution in [0.25, 0.3) is 0 Å². The minimum absolute atomic E-state index is 0.182. The van der Waals surface area contributed by atoms with E-state index in [1.807, 2.05) is 12.1 Å². The Kier molecular flexibility index (Phi) is 6.24. The van der Waals surface area contributed by atoms with Crippen molar-refractivity contribution in [3.8, 4) is 5.75 Å². The highest BCUT2D eigenvalue weighted by atomic mass is 19.1. The van der Waals surface area contributed by atoms with Crippen LogP contribution in [0.3, 0.4) is 0 Å². The van der Waals surface area contributed by atoms with E-state index < -0.39 is 6.04 Å². The second kappa shape index (κ2) is 9.01. The van der Waals surface area contributed by atoms with Gasteiger partial charge in [0.25, 0.3) is 5.91 Å². The Labute approximate surface area is 168 Å². The number of benzene rings is 3. The summed E-state index contributed by atoms with van der Waals surface area (Å²) < 4.78 is 18.6. The molecule has 6 heteroatoms. The first-order valence-corrected chi connectivity index (χ1v) is 9.04. The van der Waals surface area contributed by atoms with Crippen LogP contribution in [0.4, 0.5) is 10.1 Å². The minimum Gasteiger partial charge on any atom is -0.497 e. The number of amides is 2. The number of ether oxygens (including phenoxy) is 1. The second-order valence-electron chi connectivity index (χ2n) is 6.49. The first-order valence-electron chi connectivity index (χ1n) is 9.04. The number of rotatable bonds is 6. The molecular formula is C23H21FN2O3. The van der Waals surface area contributed by atoms with Crippen LogP contribution in [-0.4, -0.2) is 18.9 Å². The smallest absolute Gasteiger partial charge is 0.252 e. The van der Waals surface area contributed by atoms with E-state index in [0.717, 1.165) is 11.1 Å². The topological polar surface area (TPSA) is 67.4 Å². The Balaban J connectivity index is 1.86. The Morgan fingerprint density at radius 2 is 1.41 bits per heavy atom. The van der Waals surface area contributed by atoms with E-state index in [4.69, 9.17) is 4.74 Å². The lowest BCUT2D eigenvalue weighted by Gasteiger charge is -2.20. The number of anilines is 1. The Morgan fingerprint density at radius 1 is 0.862 bits per heavy atom. The molecule has 3 aromatic rings. The lowest BCUT2D eigenvalue weighted by molar-refractivity contribution is -0.114. The molecule has 0 aliphatic heterocycles. The molecule has 0 bridgehead atoms. The maximum Gasteiger partial charge on any atom is 0.252 e. The van der Waals surface area contributed by atoms with Gasteiger partial charge in [0.15, 0.2) is 0 Å². The summed E-state index contributed by atoms with van der Waals surface area (Å²) in [6, 6.07) is 19.5. The van der Waals surface area contributed by atoms with Gasteiger partial charge in [-0.25, -0.2) is 4.39 Å². The number of carbonyl (C=O) groups is 2. The molecule has 3 aromatic carbocycles. The highest BCUT2D eigenvalue weighted by Gasteiger charge is 2.18. The van der Waals surface area contributed by atoms with E-state index in [9.17, 15) is 14.0 Å². The number of carbonyl (C=O) groups excluding carboxylic acids is 2. The number of methoxy groups -OCH3 is 1. The van der Waals surface area contributed by atoms with Gasteiger partial charge in [-0.3, -0.25) is 9.59 Å². The normalized spacial score (nSPS) is 11.4. The number of hydrogen-bond acceptors (Lipinski definition) is 3. The van der Waals surface area contributed by atoms with Gasteiger partial charge in [0.05, 0.1) is 13.2 Å². The van der Waals surface area contributed by atoms with Gasteiger partial charge < -0.3 is 15.4 Å². The van der Waals surface area contributed by atoms with Crippen LogP contribution in [0.1, 0.15) is 34.5 Å². The molecule has 0 spiro atoms. The first-order chi connectivity index (χ1) is 14.0. The fraction of sp³-hybridized carbons (Fsp3) is 0.130. The second-order valence-corrected chi connectivity index (χ2v) is 6.49. The fourth-order valence-corrected chi connectivity index (χ4v) is 2.93. The predicted molar refractivity (Wildman–Crippen MR) is 109 cm³/mol. The van der Waals surface area contributed by atoms with Crippen LogP contribution in [0, 0.1) is 5.82 Å². The molecule has 0 aliphatic carbocycles. The maximum atomic E-state index is 13.4. The number of halogens is 1. The molecule has 3 rings (SSSR count). The summed E-state index contributed by atoms with van der Waals surface area (Å²) in [5.74, 6) is -0.115.